The van der Waals surface area contributed by atoms with Crippen molar-refractivity contribution in [2.45, 2.75) is 13.8 Å². The highest BCUT2D eigenvalue weighted by molar-refractivity contribution is 5.65. The second-order valence-electron chi connectivity index (χ2n) is 3.90. The van der Waals surface area contributed by atoms with Crippen LogP contribution in [0.25, 0.3) is 11.3 Å². The number of halogens is 1. The maximum atomic E-state index is 13.1. The molecule has 1 aromatic heterocycles. The van der Waals surface area contributed by atoms with Crippen LogP contribution in [0, 0.1) is 19.7 Å². The standard InChI is InChI=1S/C13H13FN2/c1-8-5-10(3-4-12(8)14)13-9(2)6-11(15)7-16-13/h3-7H,15H2,1-2H3. The van der Waals surface area contributed by atoms with E-state index in [1.807, 2.05) is 13.0 Å². The van der Waals surface area contributed by atoms with Gasteiger partial charge in [-0.1, -0.05) is 0 Å². The zero-order chi connectivity index (χ0) is 11.7. The molecule has 82 valence electrons. The monoisotopic (exact) mass is 216 g/mol. The third kappa shape index (κ3) is 1.89. The van der Waals surface area contributed by atoms with Crippen LogP contribution in [0.4, 0.5) is 10.1 Å². The lowest BCUT2D eigenvalue weighted by atomic mass is 10.0. The number of nitrogens with two attached hydrogens (primary N) is 1. The minimum absolute atomic E-state index is 0.197. The Labute approximate surface area is 93.9 Å². The van der Waals surface area contributed by atoms with Crippen LogP contribution in [0.5, 0.6) is 0 Å². The van der Waals surface area contributed by atoms with Crippen LogP contribution < -0.4 is 5.73 Å². The summed E-state index contributed by atoms with van der Waals surface area (Å²) in [5, 5.41) is 0. The largest absolute Gasteiger partial charge is 0.397 e. The molecule has 1 aromatic carbocycles. The lowest BCUT2D eigenvalue weighted by molar-refractivity contribution is 0.618. The first-order valence-electron chi connectivity index (χ1n) is 5.06. The summed E-state index contributed by atoms with van der Waals surface area (Å²) in [5.74, 6) is -0.197. The Morgan fingerprint density at radius 2 is 1.88 bits per heavy atom. The Morgan fingerprint density at radius 1 is 1.12 bits per heavy atom. The quantitative estimate of drug-likeness (QED) is 0.795. The number of pyridine rings is 1. The van der Waals surface area contributed by atoms with E-state index in [1.54, 1.807) is 25.3 Å². The molecule has 0 unspecified atom stereocenters. The molecule has 1 heterocycles. The molecule has 0 spiro atoms. The van der Waals surface area contributed by atoms with Gasteiger partial charge in [-0.15, -0.1) is 0 Å². The molecule has 2 aromatic rings. The minimum atomic E-state index is -0.197. The van der Waals surface area contributed by atoms with Crippen LogP contribution in [-0.4, -0.2) is 4.98 Å². The molecule has 0 saturated carbocycles. The van der Waals surface area contributed by atoms with Crippen molar-refractivity contribution in [3.05, 3.63) is 47.4 Å². The summed E-state index contributed by atoms with van der Waals surface area (Å²) in [6.45, 7) is 3.68. The number of nitrogens with zero attached hydrogens (tertiary/aromatic N) is 1. The van der Waals surface area contributed by atoms with Crippen molar-refractivity contribution in [3.63, 3.8) is 0 Å². The molecule has 0 saturated heterocycles. The van der Waals surface area contributed by atoms with Gasteiger partial charge in [-0.3, -0.25) is 4.98 Å². The highest BCUT2D eigenvalue weighted by Crippen LogP contribution is 2.24. The summed E-state index contributed by atoms with van der Waals surface area (Å²) in [6.07, 6.45) is 1.61. The van der Waals surface area contributed by atoms with Gasteiger partial charge in [0.25, 0.3) is 0 Å². The van der Waals surface area contributed by atoms with Crippen molar-refractivity contribution in [2.24, 2.45) is 0 Å². The van der Waals surface area contributed by atoms with Gasteiger partial charge in [0, 0.05) is 5.56 Å². The van der Waals surface area contributed by atoms with E-state index in [0.717, 1.165) is 16.8 Å². The molecule has 0 radical (unpaired) electrons. The van der Waals surface area contributed by atoms with Gasteiger partial charge in [0.05, 0.1) is 17.6 Å². The average Bonchev–Trinajstić information content (AvgIpc) is 2.22. The highest BCUT2D eigenvalue weighted by atomic mass is 19.1. The first-order valence-corrected chi connectivity index (χ1v) is 5.06. The molecule has 0 amide bonds. The number of benzene rings is 1. The number of aryl methyl sites for hydroxylation is 2. The number of hydrogen-bond acceptors (Lipinski definition) is 2. The molecule has 3 heteroatoms. The van der Waals surface area contributed by atoms with E-state index in [2.05, 4.69) is 4.98 Å². The SMILES string of the molecule is Cc1cc(-c2ncc(N)cc2C)ccc1F. The van der Waals surface area contributed by atoms with E-state index in [0.29, 0.717) is 11.3 Å². The minimum Gasteiger partial charge on any atom is -0.397 e. The zero-order valence-electron chi connectivity index (χ0n) is 9.29. The van der Waals surface area contributed by atoms with Crippen LogP contribution in [0.3, 0.4) is 0 Å². The number of nitrogen functional groups attached to an aromatic ring is 1. The second-order valence-corrected chi connectivity index (χ2v) is 3.90. The van der Waals surface area contributed by atoms with Crippen molar-refractivity contribution >= 4 is 5.69 Å². The maximum absolute atomic E-state index is 13.1. The molecular formula is C13H13FN2. The molecule has 2 N–H and O–H groups in total. The Kier molecular flexibility index (Phi) is 2.60. The summed E-state index contributed by atoms with van der Waals surface area (Å²) in [4.78, 5) is 4.27. The van der Waals surface area contributed by atoms with E-state index >= 15 is 0 Å². The fourth-order valence-electron chi connectivity index (χ4n) is 1.69. The molecule has 16 heavy (non-hydrogen) atoms. The van der Waals surface area contributed by atoms with Gasteiger partial charge in [0.1, 0.15) is 5.82 Å². The summed E-state index contributed by atoms with van der Waals surface area (Å²) in [6, 6.07) is 6.85. The normalized spacial score (nSPS) is 10.4. The molecule has 2 rings (SSSR count). The highest BCUT2D eigenvalue weighted by Gasteiger charge is 2.06. The van der Waals surface area contributed by atoms with Crippen molar-refractivity contribution in [3.8, 4) is 11.3 Å². The van der Waals surface area contributed by atoms with Crippen molar-refractivity contribution in [1.82, 2.24) is 4.98 Å². The van der Waals surface area contributed by atoms with Gasteiger partial charge in [0.15, 0.2) is 0 Å². The molecule has 0 bridgehead atoms. The molecule has 0 aliphatic carbocycles. The third-order valence-electron chi connectivity index (χ3n) is 2.53. The van der Waals surface area contributed by atoms with Gasteiger partial charge in [0.2, 0.25) is 0 Å². The van der Waals surface area contributed by atoms with Gasteiger partial charge >= 0.3 is 0 Å². The van der Waals surface area contributed by atoms with E-state index in [9.17, 15) is 4.39 Å². The van der Waals surface area contributed by atoms with Crippen molar-refractivity contribution < 1.29 is 4.39 Å². The number of aromatic nitrogens is 1. The molecular weight excluding hydrogens is 203 g/mol. The summed E-state index contributed by atoms with van der Waals surface area (Å²) >= 11 is 0. The van der Waals surface area contributed by atoms with Gasteiger partial charge in [-0.05, 0) is 49.2 Å². The zero-order valence-corrected chi connectivity index (χ0v) is 9.29. The lowest BCUT2D eigenvalue weighted by Gasteiger charge is -2.07. The average molecular weight is 216 g/mol. The molecule has 0 fully saturated rings. The second kappa shape index (κ2) is 3.93. The predicted octanol–water partition coefficient (Wildman–Crippen LogP) is 3.09. The summed E-state index contributed by atoms with van der Waals surface area (Å²) in [5.41, 5.74) is 9.65. The third-order valence-corrected chi connectivity index (χ3v) is 2.53. The Morgan fingerprint density at radius 3 is 2.50 bits per heavy atom. The lowest BCUT2D eigenvalue weighted by Crippen LogP contribution is -1.93. The molecule has 0 atom stereocenters. The van der Waals surface area contributed by atoms with Crippen molar-refractivity contribution in [2.75, 3.05) is 5.73 Å². The fourth-order valence-corrected chi connectivity index (χ4v) is 1.69. The molecule has 0 aliphatic heterocycles. The van der Waals surface area contributed by atoms with Gasteiger partial charge < -0.3 is 5.73 Å². The van der Waals surface area contributed by atoms with Crippen LogP contribution in [0.2, 0.25) is 0 Å². The Balaban J connectivity index is 2.54. The Hall–Kier alpha value is -1.90. The number of hydrogen-bond donors (Lipinski definition) is 1. The van der Waals surface area contributed by atoms with Gasteiger partial charge in [-0.2, -0.15) is 0 Å². The first kappa shape index (κ1) is 10.6. The summed E-state index contributed by atoms with van der Waals surface area (Å²) in [7, 11) is 0. The van der Waals surface area contributed by atoms with Gasteiger partial charge in [-0.25, -0.2) is 4.39 Å². The molecule has 2 nitrogen and oxygen atoms in total. The van der Waals surface area contributed by atoms with Crippen LogP contribution in [0.1, 0.15) is 11.1 Å². The predicted molar refractivity (Wildman–Crippen MR) is 63.5 cm³/mol. The number of rotatable bonds is 1. The fraction of sp³-hybridized carbons (Fsp3) is 0.154. The van der Waals surface area contributed by atoms with Crippen molar-refractivity contribution in [1.29, 1.82) is 0 Å². The van der Waals surface area contributed by atoms with E-state index in [-0.39, 0.29) is 5.82 Å². The number of anilines is 1. The molecule has 0 aliphatic rings. The Bertz CT molecular complexity index is 535. The van der Waals surface area contributed by atoms with E-state index < -0.39 is 0 Å². The van der Waals surface area contributed by atoms with E-state index in [1.165, 1.54) is 6.07 Å². The van der Waals surface area contributed by atoms with Crippen LogP contribution in [0.15, 0.2) is 30.5 Å². The topological polar surface area (TPSA) is 38.9 Å². The first-order chi connectivity index (χ1) is 7.58. The van der Waals surface area contributed by atoms with Crippen LogP contribution in [-0.2, 0) is 0 Å². The summed E-state index contributed by atoms with van der Waals surface area (Å²) < 4.78 is 13.1. The smallest absolute Gasteiger partial charge is 0.126 e. The maximum Gasteiger partial charge on any atom is 0.126 e. The van der Waals surface area contributed by atoms with Crippen LogP contribution >= 0.6 is 0 Å². The van der Waals surface area contributed by atoms with E-state index in [4.69, 9.17) is 5.73 Å².